The molecule has 0 saturated heterocycles. The molecule has 4 heteroatoms. The Morgan fingerprint density at radius 1 is 0.254 bits per heavy atom. The lowest BCUT2D eigenvalue weighted by atomic mass is 9.87. The molecule has 0 amide bonds. The largest absolute Gasteiger partial charge is 0.456 e. The van der Waals surface area contributed by atoms with Gasteiger partial charge in [0.2, 0.25) is 0 Å². The summed E-state index contributed by atoms with van der Waals surface area (Å²) in [5.41, 5.74) is 8.94. The molecule has 0 saturated carbocycles. The van der Waals surface area contributed by atoms with Crippen molar-refractivity contribution < 1.29 is 4.42 Å². The summed E-state index contributed by atoms with van der Waals surface area (Å²) >= 11 is 0. The van der Waals surface area contributed by atoms with E-state index in [0.717, 1.165) is 55.3 Å². The number of para-hydroxylation sites is 1. The summed E-state index contributed by atoms with van der Waals surface area (Å²) in [6, 6.07) is 70.6. The molecule has 0 aliphatic carbocycles. The first-order valence-electron chi connectivity index (χ1n) is 19.9. The minimum Gasteiger partial charge on any atom is -0.456 e. The standard InChI is InChI=1S/C55H33N3O/c1-2-15-34(16-3-1)53-56-54(58-55(57-53)46-28-14-30-50-52(46)45-27-10-11-29-49(45)59-50)38-20-13-18-36(32-38)35-17-12-19-37(31-35)47-33-48-41-23-5-4-21-39(41)40-22-6-8-25-43(40)51(48)44-26-9-7-24-42(44)47/h1-33H. The number of nitrogens with zero attached hydrogens (tertiary/aromatic N) is 3. The zero-order valence-electron chi connectivity index (χ0n) is 31.8. The van der Waals surface area contributed by atoms with Crippen molar-refractivity contribution in [2.75, 3.05) is 0 Å². The van der Waals surface area contributed by atoms with Crippen LogP contribution in [0.2, 0.25) is 0 Å². The van der Waals surface area contributed by atoms with Crippen LogP contribution in [0.4, 0.5) is 0 Å². The molecule has 0 spiro atoms. The first-order valence-corrected chi connectivity index (χ1v) is 19.9. The van der Waals surface area contributed by atoms with E-state index in [9.17, 15) is 0 Å². The molecule has 59 heavy (non-hydrogen) atoms. The third-order valence-electron chi connectivity index (χ3n) is 11.7. The Morgan fingerprint density at radius 3 is 1.47 bits per heavy atom. The molecule has 274 valence electrons. The van der Waals surface area contributed by atoms with Crippen molar-refractivity contribution in [3.05, 3.63) is 200 Å². The van der Waals surface area contributed by atoms with Crippen molar-refractivity contribution >= 4 is 65.0 Å². The molecule has 2 heterocycles. The van der Waals surface area contributed by atoms with E-state index in [0.29, 0.717) is 17.5 Å². The summed E-state index contributed by atoms with van der Waals surface area (Å²) in [5.74, 6) is 1.82. The lowest BCUT2D eigenvalue weighted by Crippen LogP contribution is -2.00. The van der Waals surface area contributed by atoms with Crippen LogP contribution in [-0.4, -0.2) is 15.0 Å². The third kappa shape index (κ3) is 5.42. The van der Waals surface area contributed by atoms with Crippen LogP contribution in [0.15, 0.2) is 205 Å². The van der Waals surface area contributed by atoms with Gasteiger partial charge in [-0.15, -0.1) is 0 Å². The summed E-state index contributed by atoms with van der Waals surface area (Å²) < 4.78 is 6.26. The van der Waals surface area contributed by atoms with Gasteiger partial charge in [0.1, 0.15) is 11.2 Å². The molecule has 0 aliphatic rings. The fourth-order valence-corrected chi connectivity index (χ4v) is 9.01. The third-order valence-corrected chi connectivity index (χ3v) is 11.7. The summed E-state index contributed by atoms with van der Waals surface area (Å²) in [5, 5.41) is 12.2. The number of rotatable bonds is 5. The van der Waals surface area contributed by atoms with Crippen molar-refractivity contribution in [1.82, 2.24) is 15.0 Å². The minimum atomic E-state index is 0.599. The quantitative estimate of drug-likeness (QED) is 0.164. The Kier molecular flexibility index (Phi) is 7.50. The van der Waals surface area contributed by atoms with Crippen molar-refractivity contribution in [2.45, 2.75) is 0 Å². The molecule has 2 aromatic heterocycles. The second-order valence-corrected chi connectivity index (χ2v) is 15.1. The number of furan rings is 1. The highest BCUT2D eigenvalue weighted by Gasteiger charge is 2.19. The topological polar surface area (TPSA) is 51.8 Å². The average molecular weight is 752 g/mol. The summed E-state index contributed by atoms with van der Waals surface area (Å²) in [6.45, 7) is 0. The summed E-state index contributed by atoms with van der Waals surface area (Å²) in [7, 11) is 0. The molecule has 0 N–H and O–H groups in total. The summed E-state index contributed by atoms with van der Waals surface area (Å²) in [6.07, 6.45) is 0. The smallest absolute Gasteiger partial charge is 0.164 e. The van der Waals surface area contributed by atoms with E-state index in [1.165, 1.54) is 48.7 Å². The zero-order chi connectivity index (χ0) is 38.9. The van der Waals surface area contributed by atoms with Gasteiger partial charge in [-0.1, -0.05) is 170 Å². The Labute approximate surface area is 339 Å². The van der Waals surface area contributed by atoms with Gasteiger partial charge < -0.3 is 4.42 Å². The average Bonchev–Trinajstić information content (AvgIpc) is 3.70. The predicted octanol–water partition coefficient (Wildman–Crippen LogP) is 14.7. The maximum absolute atomic E-state index is 6.26. The molecule has 0 unspecified atom stereocenters. The van der Waals surface area contributed by atoms with E-state index >= 15 is 0 Å². The van der Waals surface area contributed by atoms with Crippen LogP contribution in [0.25, 0.3) is 121 Å². The first-order chi connectivity index (χ1) is 29.2. The van der Waals surface area contributed by atoms with Crippen LogP contribution >= 0.6 is 0 Å². The van der Waals surface area contributed by atoms with Gasteiger partial charge in [-0.25, -0.2) is 15.0 Å². The molecule has 0 radical (unpaired) electrons. The Bertz CT molecular complexity index is 3620. The fraction of sp³-hybridized carbons (Fsp3) is 0. The van der Waals surface area contributed by atoms with Gasteiger partial charge in [0.05, 0.1) is 0 Å². The van der Waals surface area contributed by atoms with Crippen LogP contribution in [0.3, 0.4) is 0 Å². The molecule has 12 rings (SSSR count). The molecule has 0 fully saturated rings. The van der Waals surface area contributed by atoms with Gasteiger partial charge >= 0.3 is 0 Å². The number of hydrogen-bond acceptors (Lipinski definition) is 4. The molecular formula is C55H33N3O. The van der Waals surface area contributed by atoms with Crippen molar-refractivity contribution in [2.24, 2.45) is 0 Å². The Hall–Kier alpha value is -7.95. The molecule has 0 atom stereocenters. The Balaban J connectivity index is 1.02. The van der Waals surface area contributed by atoms with E-state index in [-0.39, 0.29) is 0 Å². The van der Waals surface area contributed by atoms with Gasteiger partial charge in [0.25, 0.3) is 0 Å². The number of hydrogen-bond donors (Lipinski definition) is 0. The van der Waals surface area contributed by atoms with Crippen LogP contribution < -0.4 is 0 Å². The first kappa shape index (κ1) is 33.2. The zero-order valence-corrected chi connectivity index (χ0v) is 31.8. The Morgan fingerprint density at radius 2 is 0.729 bits per heavy atom. The van der Waals surface area contributed by atoms with Crippen molar-refractivity contribution in [3.63, 3.8) is 0 Å². The van der Waals surface area contributed by atoms with Gasteiger partial charge in [-0.05, 0) is 95.7 Å². The maximum Gasteiger partial charge on any atom is 0.164 e. The normalized spacial score (nSPS) is 11.7. The lowest BCUT2D eigenvalue weighted by molar-refractivity contribution is 0.669. The van der Waals surface area contributed by atoms with Crippen LogP contribution in [-0.2, 0) is 0 Å². The molecule has 12 aromatic rings. The monoisotopic (exact) mass is 751 g/mol. The molecular weight excluding hydrogens is 719 g/mol. The van der Waals surface area contributed by atoms with Crippen molar-refractivity contribution in [3.8, 4) is 56.4 Å². The van der Waals surface area contributed by atoms with Gasteiger partial charge in [-0.2, -0.15) is 0 Å². The highest BCUT2D eigenvalue weighted by Crippen LogP contribution is 2.43. The van der Waals surface area contributed by atoms with Crippen LogP contribution in [0.5, 0.6) is 0 Å². The molecule has 0 bridgehead atoms. The highest BCUT2D eigenvalue weighted by molar-refractivity contribution is 6.33. The lowest BCUT2D eigenvalue weighted by Gasteiger charge is -2.16. The van der Waals surface area contributed by atoms with E-state index < -0.39 is 0 Å². The SMILES string of the molecule is c1ccc(-c2nc(-c3cccc(-c4cccc(-c5cc6c7ccccc7c7ccccc7c6c6ccccc56)c4)c3)nc(-c3cccc4oc5ccccc5c34)n2)cc1. The van der Waals surface area contributed by atoms with E-state index in [1.54, 1.807) is 0 Å². The van der Waals surface area contributed by atoms with E-state index in [2.05, 4.69) is 140 Å². The second-order valence-electron chi connectivity index (χ2n) is 15.1. The number of fused-ring (bicyclic) bond motifs is 11. The molecule has 10 aromatic carbocycles. The number of benzene rings is 10. The van der Waals surface area contributed by atoms with Crippen LogP contribution in [0.1, 0.15) is 0 Å². The van der Waals surface area contributed by atoms with Gasteiger partial charge in [0, 0.05) is 27.5 Å². The fourth-order valence-electron chi connectivity index (χ4n) is 9.01. The van der Waals surface area contributed by atoms with Crippen molar-refractivity contribution in [1.29, 1.82) is 0 Å². The highest BCUT2D eigenvalue weighted by atomic mass is 16.3. The predicted molar refractivity (Wildman–Crippen MR) is 244 cm³/mol. The number of aromatic nitrogens is 3. The van der Waals surface area contributed by atoms with E-state index in [4.69, 9.17) is 19.4 Å². The van der Waals surface area contributed by atoms with E-state index in [1.807, 2.05) is 60.7 Å². The van der Waals surface area contributed by atoms with Crippen LogP contribution in [0, 0.1) is 0 Å². The summed E-state index contributed by atoms with van der Waals surface area (Å²) in [4.78, 5) is 15.4. The van der Waals surface area contributed by atoms with Gasteiger partial charge in [-0.3, -0.25) is 0 Å². The maximum atomic E-state index is 6.26. The molecule has 0 aliphatic heterocycles. The second kappa shape index (κ2) is 13.3. The minimum absolute atomic E-state index is 0.599. The molecule has 4 nitrogen and oxygen atoms in total. The van der Waals surface area contributed by atoms with Gasteiger partial charge in [0.15, 0.2) is 17.5 Å².